The van der Waals surface area contributed by atoms with E-state index in [1.54, 1.807) is 0 Å². The van der Waals surface area contributed by atoms with Crippen molar-refractivity contribution in [3.8, 4) is 0 Å². The van der Waals surface area contributed by atoms with Crippen LogP contribution < -0.4 is 10.6 Å². The van der Waals surface area contributed by atoms with Crippen LogP contribution in [0, 0.1) is 0 Å². The van der Waals surface area contributed by atoms with Crippen molar-refractivity contribution in [2.75, 3.05) is 37.8 Å². The number of benzene rings is 1. The summed E-state index contributed by atoms with van der Waals surface area (Å²) in [6.45, 7) is 6.40. The fraction of sp³-hybridized carbons (Fsp3) is 0.538. The van der Waals surface area contributed by atoms with Gasteiger partial charge < -0.3 is 15.5 Å². The van der Waals surface area contributed by atoms with Gasteiger partial charge in [-0.25, -0.2) is 0 Å². The summed E-state index contributed by atoms with van der Waals surface area (Å²) in [7, 11) is 4.19. The fourth-order valence-corrected chi connectivity index (χ4v) is 2.10. The summed E-state index contributed by atoms with van der Waals surface area (Å²) in [5.41, 5.74) is 8.01. The maximum Gasteiger partial charge on any atom is 0.0602 e. The minimum Gasteiger partial charge on any atom is -0.397 e. The van der Waals surface area contributed by atoms with Crippen molar-refractivity contribution >= 4 is 11.4 Å². The van der Waals surface area contributed by atoms with Gasteiger partial charge in [-0.2, -0.15) is 0 Å². The van der Waals surface area contributed by atoms with E-state index >= 15 is 0 Å². The third-order valence-corrected chi connectivity index (χ3v) is 2.75. The lowest BCUT2D eigenvalue weighted by molar-refractivity contribution is 0.373. The minimum absolute atomic E-state index is 0.463. The number of hydrogen-bond acceptors (Lipinski definition) is 3. The van der Waals surface area contributed by atoms with Gasteiger partial charge in [-0.15, -0.1) is 0 Å². The Balaban J connectivity index is 2.86. The first-order chi connectivity index (χ1) is 7.56. The highest BCUT2D eigenvalue weighted by Crippen LogP contribution is 2.24. The number of nitrogen functional groups attached to an aromatic ring is 1. The van der Waals surface area contributed by atoms with E-state index in [9.17, 15) is 0 Å². The summed E-state index contributed by atoms with van der Waals surface area (Å²) >= 11 is 0. The molecule has 0 aliphatic rings. The standard InChI is InChI=1S/C13H23N3/c1-5-16(11(2)10-15(3)4)13-9-7-6-8-12(13)14/h6-9,11H,5,10,14H2,1-4H3. The van der Waals surface area contributed by atoms with E-state index in [0.29, 0.717) is 6.04 Å². The monoisotopic (exact) mass is 221 g/mol. The van der Waals surface area contributed by atoms with E-state index in [1.165, 1.54) is 0 Å². The Morgan fingerprint density at radius 1 is 1.25 bits per heavy atom. The van der Waals surface area contributed by atoms with Gasteiger partial charge in [0.1, 0.15) is 0 Å². The predicted molar refractivity (Wildman–Crippen MR) is 71.9 cm³/mol. The van der Waals surface area contributed by atoms with Crippen LogP contribution in [0.15, 0.2) is 24.3 Å². The molecule has 1 unspecified atom stereocenters. The first-order valence-electron chi connectivity index (χ1n) is 5.82. The van der Waals surface area contributed by atoms with E-state index < -0.39 is 0 Å². The molecule has 1 atom stereocenters. The molecule has 0 spiro atoms. The summed E-state index contributed by atoms with van der Waals surface area (Å²) in [6.07, 6.45) is 0. The van der Waals surface area contributed by atoms with Crippen LogP contribution in [-0.4, -0.2) is 38.1 Å². The highest BCUT2D eigenvalue weighted by Gasteiger charge is 2.15. The summed E-state index contributed by atoms with van der Waals surface area (Å²) < 4.78 is 0. The number of likely N-dealkylation sites (N-methyl/N-ethyl adjacent to an activating group) is 2. The molecule has 0 heterocycles. The average molecular weight is 221 g/mol. The van der Waals surface area contributed by atoms with Crippen LogP contribution in [0.3, 0.4) is 0 Å². The lowest BCUT2D eigenvalue weighted by atomic mass is 10.2. The number of nitrogens with zero attached hydrogens (tertiary/aromatic N) is 2. The van der Waals surface area contributed by atoms with Gasteiger partial charge in [0.05, 0.1) is 11.4 Å². The van der Waals surface area contributed by atoms with E-state index in [4.69, 9.17) is 5.73 Å². The molecule has 0 aromatic heterocycles. The molecule has 0 saturated carbocycles. The van der Waals surface area contributed by atoms with Gasteiger partial charge in [0.15, 0.2) is 0 Å². The fourth-order valence-electron chi connectivity index (χ4n) is 2.10. The zero-order valence-corrected chi connectivity index (χ0v) is 10.8. The third-order valence-electron chi connectivity index (χ3n) is 2.75. The van der Waals surface area contributed by atoms with Crippen molar-refractivity contribution < 1.29 is 0 Å². The molecule has 2 N–H and O–H groups in total. The van der Waals surface area contributed by atoms with Gasteiger partial charge in [-0.3, -0.25) is 0 Å². The molecule has 16 heavy (non-hydrogen) atoms. The van der Waals surface area contributed by atoms with Gasteiger partial charge in [-0.1, -0.05) is 12.1 Å². The number of nitrogens with two attached hydrogens (primary N) is 1. The van der Waals surface area contributed by atoms with Crippen molar-refractivity contribution in [1.82, 2.24) is 4.90 Å². The molecule has 0 fully saturated rings. The second-order valence-electron chi connectivity index (χ2n) is 4.46. The molecule has 0 aliphatic carbocycles. The lowest BCUT2D eigenvalue weighted by Crippen LogP contribution is -2.40. The summed E-state index contributed by atoms with van der Waals surface area (Å²) in [5, 5.41) is 0. The van der Waals surface area contributed by atoms with Crippen molar-refractivity contribution in [2.45, 2.75) is 19.9 Å². The molecule has 3 nitrogen and oxygen atoms in total. The zero-order chi connectivity index (χ0) is 12.1. The molecular weight excluding hydrogens is 198 g/mol. The first-order valence-corrected chi connectivity index (χ1v) is 5.82. The Kier molecular flexibility index (Phi) is 4.62. The van der Waals surface area contributed by atoms with E-state index in [1.807, 2.05) is 18.2 Å². The maximum atomic E-state index is 6.01. The molecule has 0 saturated heterocycles. The zero-order valence-electron chi connectivity index (χ0n) is 10.8. The molecule has 3 heteroatoms. The van der Waals surface area contributed by atoms with Gasteiger partial charge >= 0.3 is 0 Å². The first kappa shape index (κ1) is 12.8. The van der Waals surface area contributed by atoms with Crippen LogP contribution >= 0.6 is 0 Å². The molecule has 0 amide bonds. The normalized spacial score (nSPS) is 12.8. The van der Waals surface area contributed by atoms with Crippen molar-refractivity contribution in [1.29, 1.82) is 0 Å². The number of anilines is 2. The van der Waals surface area contributed by atoms with Crippen LogP contribution in [-0.2, 0) is 0 Å². The topological polar surface area (TPSA) is 32.5 Å². The smallest absolute Gasteiger partial charge is 0.0602 e. The molecule has 90 valence electrons. The number of rotatable bonds is 5. The third kappa shape index (κ3) is 3.14. The number of hydrogen-bond donors (Lipinski definition) is 1. The summed E-state index contributed by atoms with van der Waals surface area (Å²) in [5.74, 6) is 0. The lowest BCUT2D eigenvalue weighted by Gasteiger charge is -2.32. The number of para-hydroxylation sites is 2. The SMILES string of the molecule is CCN(c1ccccc1N)C(C)CN(C)C. The summed E-state index contributed by atoms with van der Waals surface area (Å²) in [6, 6.07) is 8.52. The van der Waals surface area contributed by atoms with E-state index in [-0.39, 0.29) is 0 Å². The van der Waals surface area contributed by atoms with Crippen LogP contribution in [0.2, 0.25) is 0 Å². The average Bonchev–Trinajstić information content (AvgIpc) is 2.20. The molecule has 0 radical (unpaired) electrons. The molecule has 0 bridgehead atoms. The predicted octanol–water partition coefficient (Wildman–Crippen LogP) is 2.05. The Morgan fingerprint density at radius 3 is 2.38 bits per heavy atom. The van der Waals surface area contributed by atoms with Crippen LogP contribution in [0.25, 0.3) is 0 Å². The van der Waals surface area contributed by atoms with Crippen molar-refractivity contribution in [3.63, 3.8) is 0 Å². The second kappa shape index (κ2) is 5.75. The molecular formula is C13H23N3. The highest BCUT2D eigenvalue weighted by molar-refractivity contribution is 5.67. The Hall–Kier alpha value is -1.22. The Labute approximate surface area is 98.8 Å². The molecule has 1 aromatic carbocycles. The van der Waals surface area contributed by atoms with Crippen molar-refractivity contribution in [3.05, 3.63) is 24.3 Å². The van der Waals surface area contributed by atoms with E-state index in [2.05, 4.69) is 43.8 Å². The Morgan fingerprint density at radius 2 is 1.88 bits per heavy atom. The molecule has 1 rings (SSSR count). The van der Waals surface area contributed by atoms with Gasteiger partial charge in [0, 0.05) is 19.1 Å². The molecule has 0 aliphatic heterocycles. The van der Waals surface area contributed by atoms with Crippen LogP contribution in [0.1, 0.15) is 13.8 Å². The quantitative estimate of drug-likeness (QED) is 0.772. The van der Waals surface area contributed by atoms with Gasteiger partial charge in [-0.05, 0) is 40.1 Å². The van der Waals surface area contributed by atoms with Gasteiger partial charge in [0.25, 0.3) is 0 Å². The second-order valence-corrected chi connectivity index (χ2v) is 4.46. The van der Waals surface area contributed by atoms with Gasteiger partial charge in [0.2, 0.25) is 0 Å². The minimum atomic E-state index is 0.463. The summed E-state index contributed by atoms with van der Waals surface area (Å²) in [4.78, 5) is 4.54. The maximum absolute atomic E-state index is 6.01. The Bertz CT molecular complexity index is 323. The van der Waals surface area contributed by atoms with Crippen LogP contribution in [0.5, 0.6) is 0 Å². The van der Waals surface area contributed by atoms with Crippen molar-refractivity contribution in [2.24, 2.45) is 0 Å². The molecule has 1 aromatic rings. The largest absolute Gasteiger partial charge is 0.397 e. The van der Waals surface area contributed by atoms with Crippen LogP contribution in [0.4, 0.5) is 11.4 Å². The van der Waals surface area contributed by atoms with E-state index in [0.717, 1.165) is 24.5 Å². The highest BCUT2D eigenvalue weighted by atomic mass is 15.2.